The average Bonchev–Trinajstić information content (AvgIpc) is 3.07. The first kappa shape index (κ1) is 22.1. The van der Waals surface area contributed by atoms with Crippen molar-refractivity contribution in [3.63, 3.8) is 0 Å². The van der Waals surface area contributed by atoms with Gasteiger partial charge in [0.1, 0.15) is 0 Å². The van der Waals surface area contributed by atoms with Crippen LogP contribution >= 0.6 is 0 Å². The van der Waals surface area contributed by atoms with Gasteiger partial charge in [-0.2, -0.15) is 0 Å². The number of hydrogen-bond donors (Lipinski definition) is 0. The SMILES string of the molecule is COC(=O)C1(C(=O)OC)Cc2c(C)ccc3c2c(c(C)n3S(=O)(=O)c2ccc(C)cc2)C1. The average molecular weight is 456 g/mol. The smallest absolute Gasteiger partial charge is 0.323 e. The van der Waals surface area contributed by atoms with E-state index < -0.39 is 27.4 Å². The zero-order valence-electron chi connectivity index (χ0n) is 18.7. The maximum absolute atomic E-state index is 13.6. The van der Waals surface area contributed by atoms with E-state index in [9.17, 15) is 18.0 Å². The molecular formula is C24H25NO6S. The van der Waals surface area contributed by atoms with Gasteiger partial charge in [0.2, 0.25) is 0 Å². The molecule has 32 heavy (non-hydrogen) atoms. The Balaban J connectivity index is 2.04. The fourth-order valence-electron chi connectivity index (χ4n) is 4.73. The van der Waals surface area contributed by atoms with Crippen molar-refractivity contribution in [3.05, 3.63) is 64.3 Å². The van der Waals surface area contributed by atoms with Crippen molar-refractivity contribution in [3.8, 4) is 0 Å². The molecule has 4 rings (SSSR count). The summed E-state index contributed by atoms with van der Waals surface area (Å²) in [5.74, 6) is -1.39. The number of rotatable bonds is 4. The van der Waals surface area contributed by atoms with Gasteiger partial charge in [0.25, 0.3) is 10.0 Å². The van der Waals surface area contributed by atoms with Crippen LogP contribution < -0.4 is 0 Å². The largest absolute Gasteiger partial charge is 0.468 e. The topological polar surface area (TPSA) is 91.7 Å². The van der Waals surface area contributed by atoms with Gasteiger partial charge in [-0.05, 0) is 55.7 Å². The Kier molecular flexibility index (Phi) is 5.16. The number of nitrogens with zero attached hydrogens (tertiary/aromatic N) is 1. The highest BCUT2D eigenvalue weighted by Gasteiger charge is 2.52. The zero-order valence-corrected chi connectivity index (χ0v) is 19.5. The summed E-state index contributed by atoms with van der Waals surface area (Å²) in [6.45, 7) is 5.47. The second kappa shape index (κ2) is 7.48. The van der Waals surface area contributed by atoms with E-state index in [1.54, 1.807) is 37.3 Å². The molecule has 2 aromatic carbocycles. The lowest BCUT2D eigenvalue weighted by Gasteiger charge is -2.32. The number of carbonyl (C=O) groups excluding carboxylic acids is 2. The van der Waals surface area contributed by atoms with Gasteiger partial charge in [-0.25, -0.2) is 12.4 Å². The van der Waals surface area contributed by atoms with Gasteiger partial charge in [0, 0.05) is 23.9 Å². The molecule has 168 valence electrons. The lowest BCUT2D eigenvalue weighted by Crippen LogP contribution is -2.46. The Morgan fingerprint density at radius 2 is 1.44 bits per heavy atom. The number of ether oxygens (including phenoxy) is 2. The highest BCUT2D eigenvalue weighted by molar-refractivity contribution is 7.90. The summed E-state index contributed by atoms with van der Waals surface area (Å²) in [5.41, 5.74) is 2.62. The van der Waals surface area contributed by atoms with Crippen LogP contribution in [0.4, 0.5) is 0 Å². The van der Waals surface area contributed by atoms with E-state index in [0.29, 0.717) is 16.8 Å². The van der Waals surface area contributed by atoms with Crippen molar-refractivity contribution in [1.82, 2.24) is 3.97 Å². The minimum atomic E-state index is -3.91. The molecule has 3 aromatic rings. The molecular weight excluding hydrogens is 430 g/mol. The lowest BCUT2D eigenvalue weighted by atomic mass is 9.70. The number of carbonyl (C=O) groups is 2. The molecule has 1 heterocycles. The number of aromatic nitrogens is 1. The molecule has 0 radical (unpaired) electrons. The first-order valence-corrected chi connectivity index (χ1v) is 11.6. The summed E-state index contributed by atoms with van der Waals surface area (Å²) in [4.78, 5) is 25.9. The van der Waals surface area contributed by atoms with Gasteiger partial charge in [-0.15, -0.1) is 0 Å². The normalized spacial score (nSPS) is 14.9. The Morgan fingerprint density at radius 1 is 0.875 bits per heavy atom. The van der Waals surface area contributed by atoms with Crippen molar-refractivity contribution in [2.24, 2.45) is 5.41 Å². The highest BCUT2D eigenvalue weighted by Crippen LogP contribution is 2.45. The van der Waals surface area contributed by atoms with Gasteiger partial charge in [-0.1, -0.05) is 23.8 Å². The molecule has 0 saturated carbocycles. The summed E-state index contributed by atoms with van der Waals surface area (Å²) in [7, 11) is -1.44. The quantitative estimate of drug-likeness (QED) is 0.443. The van der Waals surface area contributed by atoms with Crippen molar-refractivity contribution in [2.45, 2.75) is 38.5 Å². The summed E-state index contributed by atoms with van der Waals surface area (Å²) >= 11 is 0. The highest BCUT2D eigenvalue weighted by atomic mass is 32.2. The Bertz CT molecular complexity index is 1350. The van der Waals surface area contributed by atoms with E-state index in [4.69, 9.17) is 9.47 Å². The van der Waals surface area contributed by atoms with Crippen LogP contribution in [0.25, 0.3) is 10.9 Å². The molecule has 1 aromatic heterocycles. The van der Waals surface area contributed by atoms with Crippen LogP contribution in [0.3, 0.4) is 0 Å². The maximum Gasteiger partial charge on any atom is 0.323 e. The molecule has 0 fully saturated rings. The second-order valence-corrected chi connectivity index (χ2v) is 10.1. The van der Waals surface area contributed by atoms with Crippen molar-refractivity contribution in [2.75, 3.05) is 14.2 Å². The zero-order chi connectivity index (χ0) is 23.4. The summed E-state index contributed by atoms with van der Waals surface area (Å²) in [5, 5.41) is 0.765. The van der Waals surface area contributed by atoms with Crippen LogP contribution in [0.15, 0.2) is 41.3 Å². The molecule has 1 aliphatic rings. The standard InChI is InChI=1S/C24H25NO6S/c1-14-6-9-17(10-7-14)32(28,29)25-16(3)19-13-24(22(26)30-4,23(27)31-5)12-18-15(2)8-11-20(25)21(18)19/h6-11H,12-13H2,1-5H3. The summed E-state index contributed by atoms with van der Waals surface area (Å²) in [6.07, 6.45) is 0.0815. The van der Waals surface area contributed by atoms with E-state index in [2.05, 4.69) is 0 Å². The molecule has 7 nitrogen and oxygen atoms in total. The van der Waals surface area contributed by atoms with Gasteiger partial charge < -0.3 is 9.47 Å². The first-order valence-electron chi connectivity index (χ1n) is 10.2. The van der Waals surface area contributed by atoms with Gasteiger partial charge in [0.05, 0.1) is 24.6 Å². The van der Waals surface area contributed by atoms with Crippen LogP contribution in [0.2, 0.25) is 0 Å². The fourth-order valence-corrected chi connectivity index (χ4v) is 6.30. The molecule has 8 heteroatoms. The minimum absolute atomic E-state index is 0.00154. The van der Waals surface area contributed by atoms with E-state index >= 15 is 0 Å². The van der Waals surface area contributed by atoms with Crippen LogP contribution in [0, 0.1) is 26.2 Å². The number of aryl methyl sites for hydroxylation is 2. The fraction of sp³-hybridized carbons (Fsp3) is 0.333. The van der Waals surface area contributed by atoms with Crippen LogP contribution in [-0.4, -0.2) is 38.5 Å². The van der Waals surface area contributed by atoms with Crippen molar-refractivity contribution >= 4 is 32.9 Å². The van der Waals surface area contributed by atoms with Crippen molar-refractivity contribution in [1.29, 1.82) is 0 Å². The van der Waals surface area contributed by atoms with Gasteiger partial charge >= 0.3 is 11.9 Å². The molecule has 0 unspecified atom stereocenters. The lowest BCUT2D eigenvalue weighted by molar-refractivity contribution is -0.169. The molecule has 0 saturated heterocycles. The van der Waals surface area contributed by atoms with Crippen LogP contribution in [0.5, 0.6) is 0 Å². The first-order chi connectivity index (χ1) is 15.1. The van der Waals surface area contributed by atoms with Crippen molar-refractivity contribution < 1.29 is 27.5 Å². The number of esters is 2. The predicted molar refractivity (Wildman–Crippen MR) is 119 cm³/mol. The molecule has 0 atom stereocenters. The van der Waals surface area contributed by atoms with Gasteiger partial charge in [0.15, 0.2) is 5.41 Å². The van der Waals surface area contributed by atoms with E-state index in [0.717, 1.165) is 22.1 Å². The van der Waals surface area contributed by atoms with E-state index in [-0.39, 0.29) is 17.7 Å². The molecule has 0 bridgehead atoms. The summed E-state index contributed by atoms with van der Waals surface area (Å²) < 4.78 is 38.6. The number of benzene rings is 2. The third-order valence-corrected chi connectivity index (χ3v) is 8.27. The van der Waals surface area contributed by atoms with E-state index in [1.165, 1.54) is 18.2 Å². The number of hydrogen-bond acceptors (Lipinski definition) is 6. The third-order valence-electron chi connectivity index (χ3n) is 6.46. The minimum Gasteiger partial charge on any atom is -0.468 e. The molecule has 0 spiro atoms. The molecule has 1 aliphatic carbocycles. The second-order valence-electron chi connectivity index (χ2n) is 8.32. The Hall–Kier alpha value is -3.13. The van der Waals surface area contributed by atoms with Gasteiger partial charge in [-0.3, -0.25) is 9.59 Å². The molecule has 0 amide bonds. The monoisotopic (exact) mass is 455 g/mol. The Morgan fingerprint density at radius 3 is 2.00 bits per heavy atom. The maximum atomic E-state index is 13.6. The molecule has 0 aliphatic heterocycles. The van der Waals surface area contributed by atoms with E-state index in [1.807, 2.05) is 19.9 Å². The number of methoxy groups -OCH3 is 2. The predicted octanol–water partition coefficient (Wildman–Crippen LogP) is 3.23. The third kappa shape index (κ3) is 2.97. The van der Waals surface area contributed by atoms with Crippen LogP contribution in [0.1, 0.15) is 27.9 Å². The van der Waals surface area contributed by atoms with Crippen LogP contribution in [-0.2, 0) is 41.9 Å². The molecule has 0 N–H and O–H groups in total. The Labute approximate surface area is 187 Å². The summed E-state index contributed by atoms with van der Waals surface area (Å²) in [6, 6.07) is 10.3.